The number of carbonyl (C=O) groups is 3. The summed E-state index contributed by atoms with van der Waals surface area (Å²) in [7, 11) is 0. The van der Waals surface area contributed by atoms with Crippen molar-refractivity contribution in [1.29, 1.82) is 0 Å². The first-order valence-electron chi connectivity index (χ1n) is 8.42. The molecule has 2 aliphatic rings. The van der Waals surface area contributed by atoms with Crippen LogP contribution in [0, 0.1) is 11.8 Å². The fourth-order valence-corrected chi connectivity index (χ4v) is 3.48. The fraction of sp³-hybridized carbons (Fsp3) is 0.812. The minimum absolute atomic E-state index is 0.122. The van der Waals surface area contributed by atoms with Crippen LogP contribution in [0.1, 0.15) is 39.5 Å². The average Bonchev–Trinajstić information content (AvgIpc) is 2.77. The Morgan fingerprint density at radius 2 is 1.68 bits per heavy atom. The molecule has 1 saturated heterocycles. The first kappa shape index (κ1) is 16.9. The Morgan fingerprint density at radius 3 is 2.18 bits per heavy atom. The number of hydrogen-bond donors (Lipinski definition) is 1. The van der Waals surface area contributed by atoms with Gasteiger partial charge in [-0.2, -0.15) is 0 Å². The van der Waals surface area contributed by atoms with Crippen molar-refractivity contribution in [2.75, 3.05) is 32.7 Å². The molecule has 124 valence electrons. The molecule has 2 atom stereocenters. The van der Waals surface area contributed by atoms with Crippen LogP contribution in [0.15, 0.2) is 0 Å². The fourth-order valence-electron chi connectivity index (χ4n) is 3.48. The molecule has 0 aromatic heterocycles. The highest BCUT2D eigenvalue weighted by molar-refractivity contribution is 6.07. The summed E-state index contributed by atoms with van der Waals surface area (Å²) in [6, 6.07) is 0. The monoisotopic (exact) mass is 309 g/mol. The van der Waals surface area contributed by atoms with E-state index in [-0.39, 0.29) is 36.1 Å². The Kier molecular flexibility index (Phi) is 5.94. The molecule has 1 saturated carbocycles. The van der Waals surface area contributed by atoms with Gasteiger partial charge in [0.2, 0.25) is 17.7 Å². The van der Waals surface area contributed by atoms with Crippen LogP contribution >= 0.6 is 0 Å². The minimum Gasteiger partial charge on any atom is -0.353 e. The van der Waals surface area contributed by atoms with Gasteiger partial charge >= 0.3 is 0 Å². The van der Waals surface area contributed by atoms with Crippen LogP contribution in [0.3, 0.4) is 0 Å². The maximum Gasteiger partial charge on any atom is 0.240 e. The number of fused-ring (bicyclic) bond motifs is 1. The second-order valence-electron chi connectivity index (χ2n) is 6.14. The predicted octanol–water partition coefficient (Wildman–Crippen LogP) is 0.620. The standard InChI is InChI=1S/C16H27N3O3/c1-3-18(4-2)10-9-17-14(20)11-19-15(21)12-7-5-6-8-13(12)16(19)22/h12-13H,3-11H2,1-2H3,(H,17,20). The van der Waals surface area contributed by atoms with Gasteiger partial charge in [0.25, 0.3) is 0 Å². The highest BCUT2D eigenvalue weighted by Gasteiger charge is 2.48. The van der Waals surface area contributed by atoms with Gasteiger partial charge in [-0.15, -0.1) is 0 Å². The highest BCUT2D eigenvalue weighted by atomic mass is 16.2. The van der Waals surface area contributed by atoms with E-state index in [1.807, 2.05) is 0 Å². The number of rotatable bonds is 7. The predicted molar refractivity (Wildman–Crippen MR) is 83.0 cm³/mol. The molecule has 22 heavy (non-hydrogen) atoms. The normalized spacial score (nSPS) is 24.8. The van der Waals surface area contributed by atoms with Gasteiger partial charge in [-0.3, -0.25) is 19.3 Å². The van der Waals surface area contributed by atoms with Gasteiger partial charge in [0, 0.05) is 13.1 Å². The van der Waals surface area contributed by atoms with E-state index in [4.69, 9.17) is 0 Å². The summed E-state index contributed by atoms with van der Waals surface area (Å²) in [4.78, 5) is 39.9. The smallest absolute Gasteiger partial charge is 0.240 e. The number of nitrogens with zero attached hydrogens (tertiary/aromatic N) is 2. The number of amides is 3. The van der Waals surface area contributed by atoms with E-state index in [0.717, 1.165) is 45.3 Å². The number of hydrogen-bond acceptors (Lipinski definition) is 4. The largest absolute Gasteiger partial charge is 0.353 e. The lowest BCUT2D eigenvalue weighted by Gasteiger charge is -2.19. The van der Waals surface area contributed by atoms with E-state index in [9.17, 15) is 14.4 Å². The van der Waals surface area contributed by atoms with E-state index >= 15 is 0 Å². The third-order valence-corrected chi connectivity index (χ3v) is 4.88. The van der Waals surface area contributed by atoms with E-state index in [2.05, 4.69) is 24.1 Å². The number of imide groups is 1. The van der Waals surface area contributed by atoms with Crippen LogP contribution in [0.2, 0.25) is 0 Å². The summed E-state index contributed by atoms with van der Waals surface area (Å²) >= 11 is 0. The molecule has 2 unspecified atom stereocenters. The molecule has 0 bridgehead atoms. The molecular formula is C16H27N3O3. The van der Waals surface area contributed by atoms with Gasteiger partial charge < -0.3 is 10.2 Å². The van der Waals surface area contributed by atoms with Gasteiger partial charge in [-0.25, -0.2) is 0 Å². The lowest BCUT2D eigenvalue weighted by molar-refractivity contribution is -0.143. The molecule has 2 rings (SSSR count). The zero-order valence-electron chi connectivity index (χ0n) is 13.6. The van der Waals surface area contributed by atoms with Gasteiger partial charge in [-0.1, -0.05) is 26.7 Å². The first-order chi connectivity index (χ1) is 10.6. The Bertz CT molecular complexity index is 410. The first-order valence-corrected chi connectivity index (χ1v) is 8.42. The molecule has 1 aliphatic carbocycles. The molecule has 2 fully saturated rings. The number of likely N-dealkylation sites (tertiary alicyclic amines) is 1. The third kappa shape index (κ3) is 3.66. The van der Waals surface area contributed by atoms with Gasteiger partial charge in [-0.05, 0) is 25.9 Å². The van der Waals surface area contributed by atoms with Crippen molar-refractivity contribution < 1.29 is 14.4 Å². The van der Waals surface area contributed by atoms with Crippen molar-refractivity contribution in [3.05, 3.63) is 0 Å². The Hall–Kier alpha value is -1.43. The van der Waals surface area contributed by atoms with Crippen LogP contribution in [0.25, 0.3) is 0 Å². The van der Waals surface area contributed by atoms with Crippen molar-refractivity contribution in [2.45, 2.75) is 39.5 Å². The molecular weight excluding hydrogens is 282 g/mol. The zero-order valence-corrected chi connectivity index (χ0v) is 13.6. The minimum atomic E-state index is -0.243. The van der Waals surface area contributed by atoms with Crippen LogP contribution in [0.5, 0.6) is 0 Å². The molecule has 0 spiro atoms. The maximum atomic E-state index is 12.3. The van der Waals surface area contributed by atoms with Crippen molar-refractivity contribution in [2.24, 2.45) is 11.8 Å². The summed E-state index contributed by atoms with van der Waals surface area (Å²) < 4.78 is 0. The number of nitrogens with one attached hydrogen (secondary N) is 1. The average molecular weight is 309 g/mol. The van der Waals surface area contributed by atoms with Gasteiger partial charge in [0.15, 0.2) is 0 Å². The quantitative estimate of drug-likeness (QED) is 0.700. The molecule has 3 amide bonds. The summed E-state index contributed by atoms with van der Waals surface area (Å²) in [5.41, 5.74) is 0. The van der Waals surface area contributed by atoms with E-state index in [0.29, 0.717) is 6.54 Å². The van der Waals surface area contributed by atoms with Crippen LogP contribution in [-0.2, 0) is 14.4 Å². The molecule has 0 aromatic rings. The van der Waals surface area contributed by atoms with E-state index < -0.39 is 0 Å². The Balaban J connectivity index is 1.81. The molecule has 0 radical (unpaired) electrons. The van der Waals surface area contributed by atoms with Crippen molar-refractivity contribution >= 4 is 17.7 Å². The Labute approximate surface area is 132 Å². The molecule has 1 heterocycles. The summed E-state index contributed by atoms with van der Waals surface area (Å²) in [6.45, 7) is 7.25. The van der Waals surface area contributed by atoms with Gasteiger partial charge in [0.05, 0.1) is 11.8 Å². The SMILES string of the molecule is CCN(CC)CCNC(=O)CN1C(=O)C2CCCCC2C1=O. The maximum absolute atomic E-state index is 12.3. The summed E-state index contributed by atoms with van der Waals surface area (Å²) in [5, 5.41) is 2.80. The molecule has 1 N–H and O–H groups in total. The van der Waals surface area contributed by atoms with Crippen molar-refractivity contribution in [1.82, 2.24) is 15.1 Å². The number of likely N-dealkylation sites (N-methyl/N-ethyl adjacent to an activating group) is 1. The van der Waals surface area contributed by atoms with Crippen LogP contribution < -0.4 is 5.32 Å². The van der Waals surface area contributed by atoms with Crippen molar-refractivity contribution in [3.63, 3.8) is 0 Å². The van der Waals surface area contributed by atoms with Crippen LogP contribution in [0.4, 0.5) is 0 Å². The molecule has 1 aliphatic heterocycles. The second-order valence-corrected chi connectivity index (χ2v) is 6.14. The molecule has 6 nitrogen and oxygen atoms in total. The number of carbonyl (C=O) groups excluding carboxylic acids is 3. The van der Waals surface area contributed by atoms with E-state index in [1.54, 1.807) is 0 Å². The van der Waals surface area contributed by atoms with Crippen LogP contribution in [-0.4, -0.2) is 60.2 Å². The summed E-state index contributed by atoms with van der Waals surface area (Å²) in [5.74, 6) is -0.885. The molecule has 0 aromatic carbocycles. The highest BCUT2D eigenvalue weighted by Crippen LogP contribution is 2.37. The topological polar surface area (TPSA) is 69.7 Å². The summed E-state index contributed by atoms with van der Waals surface area (Å²) in [6.07, 6.45) is 3.58. The lowest BCUT2D eigenvalue weighted by atomic mass is 9.81. The second kappa shape index (κ2) is 7.72. The van der Waals surface area contributed by atoms with Gasteiger partial charge in [0.1, 0.15) is 6.54 Å². The molecule has 6 heteroatoms. The van der Waals surface area contributed by atoms with E-state index in [1.165, 1.54) is 4.90 Å². The lowest BCUT2D eigenvalue weighted by Crippen LogP contribution is -2.43. The Morgan fingerprint density at radius 1 is 1.14 bits per heavy atom. The third-order valence-electron chi connectivity index (χ3n) is 4.88. The van der Waals surface area contributed by atoms with Crippen molar-refractivity contribution in [3.8, 4) is 0 Å². The zero-order chi connectivity index (χ0) is 16.1.